The third kappa shape index (κ3) is 5.75. The molecule has 5 aromatic rings. The standard InChI is InChI=1S/C30H28N4O4/c35-18-23(14-21-16-31-26-12-6-4-10-24(21)26)33-29(36)28(15-22-17-32-27-13-7-5-11-25(22)27)34-30(37)38-19-20-8-2-1-3-9-20/h1-13,16-18,23,28,31-32H,14-15,19H2,(H,33,36)(H,34,37)/t23-,28-/m0/s1. The highest BCUT2D eigenvalue weighted by atomic mass is 16.5. The summed E-state index contributed by atoms with van der Waals surface area (Å²) in [7, 11) is 0. The number of aromatic amines is 2. The Morgan fingerprint density at radius 2 is 1.34 bits per heavy atom. The Labute approximate surface area is 219 Å². The van der Waals surface area contributed by atoms with Crippen molar-refractivity contribution in [2.75, 3.05) is 0 Å². The summed E-state index contributed by atoms with van der Waals surface area (Å²) >= 11 is 0. The van der Waals surface area contributed by atoms with Crippen LogP contribution in [-0.2, 0) is 33.8 Å². The molecule has 0 spiro atoms. The summed E-state index contributed by atoms with van der Waals surface area (Å²) in [5.74, 6) is -0.469. The molecule has 0 aliphatic heterocycles. The van der Waals surface area contributed by atoms with Crippen molar-refractivity contribution in [3.05, 3.63) is 108 Å². The number of hydrogen-bond acceptors (Lipinski definition) is 4. The van der Waals surface area contributed by atoms with Crippen molar-refractivity contribution >= 4 is 40.1 Å². The molecule has 0 aliphatic carbocycles. The molecule has 0 bridgehead atoms. The first-order valence-electron chi connectivity index (χ1n) is 12.4. The van der Waals surface area contributed by atoms with Crippen LogP contribution in [0.15, 0.2) is 91.3 Å². The van der Waals surface area contributed by atoms with E-state index < -0.39 is 24.1 Å². The number of para-hydroxylation sites is 2. The molecule has 0 aliphatic rings. The van der Waals surface area contributed by atoms with Gasteiger partial charge in [-0.05, 0) is 28.8 Å². The van der Waals surface area contributed by atoms with Crippen molar-refractivity contribution in [2.45, 2.75) is 31.5 Å². The van der Waals surface area contributed by atoms with Gasteiger partial charge in [0.1, 0.15) is 18.9 Å². The van der Waals surface area contributed by atoms with E-state index >= 15 is 0 Å². The van der Waals surface area contributed by atoms with Gasteiger partial charge in [0.25, 0.3) is 0 Å². The van der Waals surface area contributed by atoms with Gasteiger partial charge in [-0.2, -0.15) is 0 Å². The Balaban J connectivity index is 1.31. The predicted octanol–water partition coefficient (Wildman–Crippen LogP) is 4.41. The molecule has 0 unspecified atom stereocenters. The second kappa shape index (κ2) is 11.5. The molecule has 0 fully saturated rings. The molecule has 38 heavy (non-hydrogen) atoms. The lowest BCUT2D eigenvalue weighted by atomic mass is 10.0. The molecule has 3 aromatic carbocycles. The van der Waals surface area contributed by atoms with Crippen molar-refractivity contribution in [1.82, 2.24) is 20.6 Å². The molecular weight excluding hydrogens is 480 g/mol. The van der Waals surface area contributed by atoms with E-state index in [-0.39, 0.29) is 13.0 Å². The van der Waals surface area contributed by atoms with Crippen LogP contribution in [0.4, 0.5) is 4.79 Å². The minimum Gasteiger partial charge on any atom is -0.445 e. The van der Waals surface area contributed by atoms with Gasteiger partial charge in [-0.1, -0.05) is 66.7 Å². The number of carbonyl (C=O) groups is 3. The number of aldehydes is 1. The van der Waals surface area contributed by atoms with Crippen LogP contribution in [0.5, 0.6) is 0 Å². The molecular formula is C30H28N4O4. The number of amides is 2. The average molecular weight is 509 g/mol. The predicted molar refractivity (Wildman–Crippen MR) is 146 cm³/mol. The van der Waals surface area contributed by atoms with Gasteiger partial charge in [0, 0.05) is 47.0 Å². The van der Waals surface area contributed by atoms with E-state index in [4.69, 9.17) is 4.74 Å². The zero-order valence-electron chi connectivity index (χ0n) is 20.6. The van der Waals surface area contributed by atoms with Crippen LogP contribution in [0.25, 0.3) is 21.8 Å². The van der Waals surface area contributed by atoms with Crippen molar-refractivity contribution in [3.63, 3.8) is 0 Å². The molecule has 8 nitrogen and oxygen atoms in total. The van der Waals surface area contributed by atoms with Crippen molar-refractivity contribution in [2.24, 2.45) is 0 Å². The van der Waals surface area contributed by atoms with Crippen molar-refractivity contribution < 1.29 is 19.1 Å². The SMILES string of the molecule is O=C[C@H](Cc1c[nH]c2ccccc12)NC(=O)[C@H](Cc1c[nH]c2ccccc12)NC(=O)OCc1ccccc1. The van der Waals surface area contributed by atoms with Crippen LogP contribution >= 0.6 is 0 Å². The monoisotopic (exact) mass is 508 g/mol. The minimum absolute atomic E-state index is 0.0750. The van der Waals surface area contributed by atoms with E-state index in [9.17, 15) is 14.4 Å². The smallest absolute Gasteiger partial charge is 0.408 e. The van der Waals surface area contributed by atoms with Gasteiger partial charge in [0.2, 0.25) is 5.91 Å². The van der Waals surface area contributed by atoms with E-state index in [1.54, 1.807) is 0 Å². The second-order valence-corrected chi connectivity index (χ2v) is 9.14. The van der Waals surface area contributed by atoms with E-state index in [1.807, 2.05) is 91.3 Å². The molecule has 2 amide bonds. The highest BCUT2D eigenvalue weighted by Gasteiger charge is 2.26. The summed E-state index contributed by atoms with van der Waals surface area (Å²) in [4.78, 5) is 44.4. The number of aromatic nitrogens is 2. The number of fused-ring (bicyclic) bond motifs is 2. The molecule has 4 N–H and O–H groups in total. The highest BCUT2D eigenvalue weighted by molar-refractivity contribution is 5.90. The van der Waals surface area contributed by atoms with Crippen LogP contribution in [0.3, 0.4) is 0 Å². The summed E-state index contributed by atoms with van der Waals surface area (Å²) in [6.07, 6.45) is 4.21. The summed E-state index contributed by atoms with van der Waals surface area (Å²) < 4.78 is 5.37. The molecule has 8 heteroatoms. The lowest BCUT2D eigenvalue weighted by Crippen LogP contribution is -2.51. The van der Waals surface area contributed by atoms with Crippen molar-refractivity contribution in [1.29, 1.82) is 0 Å². The maximum absolute atomic E-state index is 13.4. The third-order valence-corrected chi connectivity index (χ3v) is 6.53. The maximum Gasteiger partial charge on any atom is 0.408 e. The van der Waals surface area contributed by atoms with Crippen LogP contribution < -0.4 is 10.6 Å². The zero-order valence-corrected chi connectivity index (χ0v) is 20.6. The first-order valence-corrected chi connectivity index (χ1v) is 12.4. The molecule has 2 atom stereocenters. The van der Waals surface area contributed by atoms with Gasteiger partial charge in [0.15, 0.2) is 0 Å². The van der Waals surface area contributed by atoms with E-state index in [0.717, 1.165) is 44.8 Å². The molecule has 0 radical (unpaired) electrons. The van der Waals surface area contributed by atoms with Gasteiger partial charge in [-0.25, -0.2) is 4.79 Å². The fourth-order valence-corrected chi connectivity index (χ4v) is 4.59. The first-order chi connectivity index (χ1) is 18.6. The minimum atomic E-state index is -0.956. The van der Waals surface area contributed by atoms with Crippen LogP contribution in [0.2, 0.25) is 0 Å². The van der Waals surface area contributed by atoms with E-state index in [0.29, 0.717) is 6.42 Å². The molecule has 0 saturated carbocycles. The number of benzene rings is 3. The summed E-state index contributed by atoms with van der Waals surface area (Å²) in [6, 6.07) is 23.1. The fraction of sp³-hybridized carbons (Fsp3) is 0.167. The number of carbonyl (C=O) groups excluding carboxylic acids is 3. The van der Waals surface area contributed by atoms with Crippen LogP contribution in [0.1, 0.15) is 16.7 Å². The Kier molecular flexibility index (Phi) is 7.49. The second-order valence-electron chi connectivity index (χ2n) is 9.14. The zero-order chi connectivity index (χ0) is 26.3. The van der Waals surface area contributed by atoms with Crippen molar-refractivity contribution in [3.8, 4) is 0 Å². The molecule has 192 valence electrons. The Bertz CT molecular complexity index is 1560. The fourth-order valence-electron chi connectivity index (χ4n) is 4.59. The van der Waals surface area contributed by atoms with Crippen LogP contribution in [0, 0.1) is 0 Å². The Morgan fingerprint density at radius 1 is 0.763 bits per heavy atom. The number of ether oxygens (including phenoxy) is 1. The summed E-state index contributed by atoms with van der Waals surface area (Å²) in [5.41, 5.74) is 4.50. The van der Waals surface area contributed by atoms with Gasteiger partial charge in [0.05, 0.1) is 6.04 Å². The molecule has 0 saturated heterocycles. The number of H-pyrrole nitrogens is 2. The number of hydrogen-bond donors (Lipinski definition) is 4. The first kappa shape index (κ1) is 24.8. The van der Waals surface area contributed by atoms with Crippen LogP contribution in [-0.4, -0.2) is 40.3 Å². The van der Waals surface area contributed by atoms with Gasteiger partial charge < -0.3 is 30.1 Å². The lowest BCUT2D eigenvalue weighted by Gasteiger charge is -2.21. The topological polar surface area (TPSA) is 116 Å². The average Bonchev–Trinajstić information content (AvgIpc) is 3.56. The quantitative estimate of drug-likeness (QED) is 0.209. The van der Waals surface area contributed by atoms with E-state index in [2.05, 4.69) is 20.6 Å². The normalized spacial score (nSPS) is 12.6. The summed E-state index contributed by atoms with van der Waals surface area (Å²) in [5, 5.41) is 7.45. The highest BCUT2D eigenvalue weighted by Crippen LogP contribution is 2.21. The Hall–Kier alpha value is -4.85. The molecule has 2 aromatic heterocycles. The number of rotatable bonds is 10. The molecule has 5 rings (SSSR count). The Morgan fingerprint density at radius 3 is 1.97 bits per heavy atom. The number of alkyl carbamates (subject to hydrolysis) is 1. The van der Waals surface area contributed by atoms with Gasteiger partial charge >= 0.3 is 6.09 Å². The van der Waals surface area contributed by atoms with E-state index in [1.165, 1.54) is 0 Å². The maximum atomic E-state index is 13.4. The lowest BCUT2D eigenvalue weighted by molar-refractivity contribution is -0.125. The van der Waals surface area contributed by atoms with Gasteiger partial charge in [-0.3, -0.25) is 4.79 Å². The summed E-state index contributed by atoms with van der Waals surface area (Å²) in [6.45, 7) is 0.0750. The number of nitrogens with one attached hydrogen (secondary N) is 4. The molecule has 2 heterocycles. The van der Waals surface area contributed by atoms with Gasteiger partial charge in [-0.15, -0.1) is 0 Å². The third-order valence-electron chi connectivity index (χ3n) is 6.53. The largest absolute Gasteiger partial charge is 0.445 e.